The molecule has 5 nitrogen and oxygen atoms in total. The lowest BCUT2D eigenvalue weighted by Crippen LogP contribution is -2.36. The van der Waals surface area contributed by atoms with Gasteiger partial charge in [-0.2, -0.15) is 5.10 Å². The van der Waals surface area contributed by atoms with Crippen molar-refractivity contribution in [3.63, 3.8) is 0 Å². The van der Waals surface area contributed by atoms with E-state index >= 15 is 0 Å². The number of carbonyl (C=O) groups is 1. The summed E-state index contributed by atoms with van der Waals surface area (Å²) in [6, 6.07) is 3.69. The molecule has 7 heteroatoms. The molecule has 1 N–H and O–H groups in total. The predicted octanol–water partition coefficient (Wildman–Crippen LogP) is 3.08. The smallest absolute Gasteiger partial charge is 0.227 e. The largest absolute Gasteiger partial charge is 0.378 e. The first-order valence-corrected chi connectivity index (χ1v) is 8.00. The number of carbonyl (C=O) groups excluding carboxylic acids is 1. The third-order valence-electron chi connectivity index (χ3n) is 3.42. The summed E-state index contributed by atoms with van der Waals surface area (Å²) in [4.78, 5) is 12.6. The molecule has 1 saturated heterocycles. The molecule has 2 rings (SSSR count). The first-order valence-electron chi connectivity index (χ1n) is 7.25. The molecule has 0 radical (unpaired) electrons. The van der Waals surface area contributed by atoms with Crippen LogP contribution in [0.4, 0.5) is 5.69 Å². The van der Waals surface area contributed by atoms with Crippen LogP contribution in [-0.2, 0) is 9.53 Å². The van der Waals surface area contributed by atoms with Gasteiger partial charge < -0.3 is 9.64 Å². The highest BCUT2D eigenvalue weighted by molar-refractivity contribution is 6.39. The lowest BCUT2D eigenvalue weighted by molar-refractivity contribution is -0.109. The number of benzene rings is 1. The monoisotopic (exact) mass is 343 g/mol. The van der Waals surface area contributed by atoms with E-state index in [4.69, 9.17) is 27.9 Å². The number of anilines is 1. The summed E-state index contributed by atoms with van der Waals surface area (Å²) < 4.78 is 5.35. The fraction of sp³-hybridized carbons (Fsp3) is 0.467. The fourth-order valence-corrected chi connectivity index (χ4v) is 3.15. The van der Waals surface area contributed by atoms with E-state index in [0.717, 1.165) is 42.9 Å². The number of hydrogen-bond donors (Lipinski definition) is 1. The van der Waals surface area contributed by atoms with E-state index in [2.05, 4.69) is 15.4 Å². The second-order valence-corrected chi connectivity index (χ2v) is 5.76. The average molecular weight is 344 g/mol. The van der Waals surface area contributed by atoms with E-state index < -0.39 is 0 Å². The number of morpholine rings is 1. The number of nitrogens with zero attached hydrogens (tertiary/aromatic N) is 2. The minimum Gasteiger partial charge on any atom is -0.378 e. The van der Waals surface area contributed by atoms with E-state index in [-0.39, 0.29) is 0 Å². The Morgan fingerprint density at radius 1 is 1.36 bits per heavy atom. The highest BCUT2D eigenvalue weighted by Gasteiger charge is 2.19. The van der Waals surface area contributed by atoms with Gasteiger partial charge in [0.1, 0.15) is 0 Å². The Bertz CT molecular complexity index is 535. The number of hydrogen-bond acceptors (Lipinski definition) is 4. The zero-order valence-electron chi connectivity index (χ0n) is 12.4. The third-order valence-corrected chi connectivity index (χ3v) is 3.99. The molecule has 22 heavy (non-hydrogen) atoms. The Morgan fingerprint density at radius 3 is 2.55 bits per heavy atom. The van der Waals surface area contributed by atoms with Crippen molar-refractivity contribution in [3.05, 3.63) is 27.7 Å². The molecule has 1 fully saturated rings. The van der Waals surface area contributed by atoms with Crippen molar-refractivity contribution in [1.82, 2.24) is 5.43 Å². The molecular formula is C15H19Cl2N3O2. The number of hydrazone groups is 1. The molecule has 1 aliphatic heterocycles. The van der Waals surface area contributed by atoms with Gasteiger partial charge in [0.05, 0.1) is 34.7 Å². The summed E-state index contributed by atoms with van der Waals surface area (Å²) in [6.07, 6.45) is 2.17. The number of ether oxygens (including phenoxy) is 1. The maximum atomic E-state index is 10.5. The lowest BCUT2D eigenvalue weighted by atomic mass is 10.1. The molecule has 1 amide bonds. The van der Waals surface area contributed by atoms with Crippen molar-refractivity contribution in [2.75, 3.05) is 31.2 Å². The van der Waals surface area contributed by atoms with E-state index in [0.29, 0.717) is 29.7 Å². The molecule has 0 bridgehead atoms. The highest BCUT2D eigenvalue weighted by Crippen LogP contribution is 2.36. The number of rotatable bonds is 6. The maximum Gasteiger partial charge on any atom is 0.227 e. The first-order chi connectivity index (χ1) is 10.7. The quantitative estimate of drug-likeness (QED) is 0.490. The molecule has 1 heterocycles. The van der Waals surface area contributed by atoms with Gasteiger partial charge in [-0.1, -0.05) is 36.5 Å². The summed E-state index contributed by atoms with van der Waals surface area (Å²) in [7, 11) is 0. The minimum atomic E-state index is 0.543. The zero-order chi connectivity index (χ0) is 15.9. The summed E-state index contributed by atoms with van der Waals surface area (Å²) >= 11 is 12.9. The van der Waals surface area contributed by atoms with Crippen LogP contribution in [0.25, 0.3) is 0 Å². The molecule has 0 atom stereocenters. The molecule has 1 aliphatic rings. The highest BCUT2D eigenvalue weighted by atomic mass is 35.5. The SMILES string of the molecule is CCC/C(=N\NC=O)c1cc(Cl)c(N2CCOCC2)c(Cl)c1. The van der Waals surface area contributed by atoms with Gasteiger partial charge in [-0.15, -0.1) is 0 Å². The molecule has 1 aromatic rings. The van der Waals surface area contributed by atoms with Crippen molar-refractivity contribution < 1.29 is 9.53 Å². The van der Waals surface area contributed by atoms with E-state index in [1.807, 2.05) is 19.1 Å². The Morgan fingerprint density at radius 2 is 2.00 bits per heavy atom. The fourth-order valence-electron chi connectivity index (χ4n) is 2.43. The predicted molar refractivity (Wildman–Crippen MR) is 90.1 cm³/mol. The molecule has 0 unspecified atom stereocenters. The summed E-state index contributed by atoms with van der Waals surface area (Å²) in [5, 5.41) is 5.24. The summed E-state index contributed by atoms with van der Waals surface area (Å²) in [5.74, 6) is 0. The zero-order valence-corrected chi connectivity index (χ0v) is 14.0. The molecule has 0 saturated carbocycles. The van der Waals surface area contributed by atoms with Crippen LogP contribution in [0.15, 0.2) is 17.2 Å². The first kappa shape index (κ1) is 17.1. The molecular weight excluding hydrogens is 325 g/mol. The molecule has 0 spiro atoms. The summed E-state index contributed by atoms with van der Waals surface area (Å²) in [5.41, 5.74) is 4.75. The van der Waals surface area contributed by atoms with Gasteiger partial charge >= 0.3 is 0 Å². The third kappa shape index (κ3) is 4.12. The topological polar surface area (TPSA) is 53.9 Å². The Balaban J connectivity index is 2.33. The van der Waals surface area contributed by atoms with Gasteiger partial charge in [0.2, 0.25) is 6.41 Å². The summed E-state index contributed by atoms with van der Waals surface area (Å²) in [6.45, 7) is 4.91. The van der Waals surface area contributed by atoms with Gasteiger partial charge in [-0.3, -0.25) is 4.79 Å². The normalized spacial score (nSPS) is 15.8. The second kappa shape index (κ2) is 8.36. The van der Waals surface area contributed by atoms with E-state index in [1.54, 1.807) is 0 Å². The number of halogens is 2. The van der Waals surface area contributed by atoms with Crippen LogP contribution in [0.1, 0.15) is 25.3 Å². The van der Waals surface area contributed by atoms with E-state index in [1.165, 1.54) is 0 Å². The van der Waals surface area contributed by atoms with E-state index in [9.17, 15) is 4.79 Å². The Labute approximate surface area is 140 Å². The van der Waals surface area contributed by atoms with Crippen molar-refractivity contribution in [2.45, 2.75) is 19.8 Å². The van der Waals surface area contributed by atoms with Crippen LogP contribution in [0.3, 0.4) is 0 Å². The van der Waals surface area contributed by atoms with Crippen molar-refractivity contribution in [2.24, 2.45) is 5.10 Å². The van der Waals surface area contributed by atoms with Crippen LogP contribution in [-0.4, -0.2) is 38.4 Å². The van der Waals surface area contributed by atoms with Gasteiger partial charge in [-0.25, -0.2) is 5.43 Å². The van der Waals surface area contributed by atoms with Gasteiger partial charge in [0, 0.05) is 18.7 Å². The van der Waals surface area contributed by atoms with Crippen molar-refractivity contribution >= 4 is 41.0 Å². The lowest BCUT2D eigenvalue weighted by Gasteiger charge is -2.30. The second-order valence-electron chi connectivity index (χ2n) is 4.94. The van der Waals surface area contributed by atoms with Gasteiger partial charge in [-0.05, 0) is 18.6 Å². The molecule has 120 valence electrons. The number of amides is 1. The molecule has 1 aromatic carbocycles. The molecule has 0 aliphatic carbocycles. The van der Waals surface area contributed by atoms with Crippen molar-refractivity contribution in [3.8, 4) is 0 Å². The Kier molecular flexibility index (Phi) is 6.49. The number of nitrogens with one attached hydrogen (secondary N) is 1. The van der Waals surface area contributed by atoms with Crippen LogP contribution >= 0.6 is 23.2 Å². The van der Waals surface area contributed by atoms with Gasteiger partial charge in [0.25, 0.3) is 0 Å². The standard InChI is InChI=1S/C15H19Cl2N3O2/c1-2-3-14(19-18-10-21)11-8-12(16)15(13(17)9-11)20-4-6-22-7-5-20/h8-10H,2-7H2,1H3,(H,18,21)/b19-14+. The van der Waals surface area contributed by atoms with Crippen LogP contribution < -0.4 is 10.3 Å². The average Bonchev–Trinajstić information content (AvgIpc) is 2.51. The van der Waals surface area contributed by atoms with Crippen LogP contribution in [0, 0.1) is 0 Å². The van der Waals surface area contributed by atoms with Crippen molar-refractivity contribution in [1.29, 1.82) is 0 Å². The van der Waals surface area contributed by atoms with Gasteiger partial charge in [0.15, 0.2) is 0 Å². The maximum absolute atomic E-state index is 10.5. The minimum absolute atomic E-state index is 0.543. The van der Waals surface area contributed by atoms with Crippen LogP contribution in [0.2, 0.25) is 10.0 Å². The molecule has 0 aromatic heterocycles. The Hall–Kier alpha value is -1.30. The van der Waals surface area contributed by atoms with Crippen LogP contribution in [0.5, 0.6) is 0 Å².